The summed E-state index contributed by atoms with van der Waals surface area (Å²) in [4.78, 5) is 7.45. The highest BCUT2D eigenvalue weighted by molar-refractivity contribution is 6.25. The molecular weight excluding hydrogens is 743 g/mol. The van der Waals surface area contributed by atoms with Gasteiger partial charge in [-0.3, -0.25) is 0 Å². The topological polar surface area (TPSA) is 34.2 Å². The van der Waals surface area contributed by atoms with E-state index >= 15 is 0 Å². The number of oxazole rings is 1. The van der Waals surface area contributed by atoms with Crippen molar-refractivity contribution in [3.05, 3.63) is 224 Å². The van der Waals surface area contributed by atoms with Crippen molar-refractivity contribution in [1.82, 2.24) is 9.55 Å². The standard InChI is InChI=1S/C57H37N3O/c1-3-18-39(19-4-1)57-58-50-30-16-29-48(56(50)61-57)47-27-11-13-31-51(47)59(45-25-15-22-41(36-45)42-34-33-38-17-7-8-20-40(38)35-42)53-37-43-21-9-10-26-46(43)55-54(53)49-28-12-14-32-52(49)60(55)44-23-5-2-6-24-44/h1-37H. The van der Waals surface area contributed by atoms with Crippen LogP contribution in [-0.4, -0.2) is 9.55 Å². The van der Waals surface area contributed by atoms with Gasteiger partial charge in [0, 0.05) is 44.2 Å². The maximum absolute atomic E-state index is 6.70. The van der Waals surface area contributed by atoms with Gasteiger partial charge in [-0.05, 0) is 94.0 Å². The van der Waals surface area contributed by atoms with Gasteiger partial charge in [-0.2, -0.15) is 0 Å². The first-order valence-corrected chi connectivity index (χ1v) is 20.7. The third-order valence-electron chi connectivity index (χ3n) is 12.0. The van der Waals surface area contributed by atoms with Gasteiger partial charge in [0.1, 0.15) is 5.52 Å². The molecule has 0 atom stereocenters. The zero-order valence-electron chi connectivity index (χ0n) is 33.1. The van der Waals surface area contributed by atoms with Gasteiger partial charge in [0.15, 0.2) is 5.58 Å². The number of benzene rings is 10. The minimum atomic E-state index is 0.602. The molecule has 286 valence electrons. The zero-order valence-corrected chi connectivity index (χ0v) is 33.1. The molecule has 2 heterocycles. The molecule has 0 aliphatic rings. The summed E-state index contributed by atoms with van der Waals surface area (Å²) in [5, 5.41) is 7.15. The number of nitrogens with zero attached hydrogens (tertiary/aromatic N) is 3. The molecule has 0 unspecified atom stereocenters. The number of para-hydroxylation sites is 4. The van der Waals surface area contributed by atoms with E-state index in [1.54, 1.807) is 0 Å². The van der Waals surface area contributed by atoms with Gasteiger partial charge in [-0.25, -0.2) is 4.98 Å². The van der Waals surface area contributed by atoms with Crippen LogP contribution in [0.2, 0.25) is 0 Å². The SMILES string of the molecule is c1ccc(-c2nc3cccc(-c4ccccc4N(c4cccc(-c5ccc6ccccc6c5)c4)c4cc5ccccc5c5c4c4ccccc4n5-c4ccccc4)c3o2)cc1. The first-order chi connectivity index (χ1) is 30.3. The van der Waals surface area contributed by atoms with Crippen molar-refractivity contribution in [3.8, 4) is 39.4 Å². The molecule has 0 fully saturated rings. The molecule has 12 aromatic rings. The number of fused-ring (bicyclic) bond motifs is 7. The van der Waals surface area contributed by atoms with Crippen LogP contribution in [0.15, 0.2) is 229 Å². The summed E-state index contributed by atoms with van der Waals surface area (Å²) in [7, 11) is 0. The van der Waals surface area contributed by atoms with Gasteiger partial charge >= 0.3 is 0 Å². The minimum Gasteiger partial charge on any atom is -0.435 e. The fourth-order valence-corrected chi connectivity index (χ4v) is 9.20. The molecule has 4 heteroatoms. The highest BCUT2D eigenvalue weighted by Gasteiger charge is 2.26. The number of rotatable bonds is 7. The van der Waals surface area contributed by atoms with Crippen molar-refractivity contribution < 1.29 is 4.42 Å². The summed E-state index contributed by atoms with van der Waals surface area (Å²) in [6, 6.07) is 80.1. The molecule has 4 nitrogen and oxygen atoms in total. The molecule has 10 aromatic carbocycles. The maximum Gasteiger partial charge on any atom is 0.227 e. The van der Waals surface area contributed by atoms with Crippen molar-refractivity contribution in [2.75, 3.05) is 4.90 Å². The average molecular weight is 780 g/mol. The molecule has 0 aliphatic heterocycles. The van der Waals surface area contributed by atoms with Gasteiger partial charge in [0.05, 0.1) is 22.4 Å². The quantitative estimate of drug-likeness (QED) is 0.162. The van der Waals surface area contributed by atoms with E-state index in [4.69, 9.17) is 9.40 Å². The summed E-state index contributed by atoms with van der Waals surface area (Å²) in [5.74, 6) is 0.602. The molecular formula is C57H37N3O. The van der Waals surface area contributed by atoms with E-state index in [1.807, 2.05) is 36.4 Å². The Labute approximate surface area is 352 Å². The van der Waals surface area contributed by atoms with Crippen molar-refractivity contribution in [2.45, 2.75) is 0 Å². The monoisotopic (exact) mass is 779 g/mol. The van der Waals surface area contributed by atoms with E-state index in [0.717, 1.165) is 72.6 Å². The maximum atomic E-state index is 6.70. The molecule has 0 N–H and O–H groups in total. The zero-order chi connectivity index (χ0) is 40.3. The number of aromatic nitrogens is 2. The molecule has 0 radical (unpaired) electrons. The van der Waals surface area contributed by atoms with Gasteiger partial charge < -0.3 is 13.9 Å². The Morgan fingerprint density at radius 2 is 1.08 bits per heavy atom. The summed E-state index contributed by atoms with van der Waals surface area (Å²) >= 11 is 0. The molecule has 0 saturated carbocycles. The summed E-state index contributed by atoms with van der Waals surface area (Å²) in [6.45, 7) is 0. The van der Waals surface area contributed by atoms with Gasteiger partial charge in [0.25, 0.3) is 0 Å². The molecule has 0 spiro atoms. The fourth-order valence-electron chi connectivity index (χ4n) is 9.20. The summed E-state index contributed by atoms with van der Waals surface area (Å²) in [5.41, 5.74) is 13.4. The highest BCUT2D eigenvalue weighted by atomic mass is 16.3. The molecule has 2 aromatic heterocycles. The van der Waals surface area contributed by atoms with Crippen molar-refractivity contribution in [2.24, 2.45) is 0 Å². The average Bonchev–Trinajstić information content (AvgIpc) is 3.93. The van der Waals surface area contributed by atoms with Gasteiger partial charge in [-0.15, -0.1) is 0 Å². The number of anilines is 3. The van der Waals surface area contributed by atoms with Crippen LogP contribution in [0.4, 0.5) is 17.1 Å². The summed E-state index contributed by atoms with van der Waals surface area (Å²) in [6.07, 6.45) is 0. The second-order valence-corrected chi connectivity index (χ2v) is 15.5. The fraction of sp³-hybridized carbons (Fsp3) is 0. The van der Waals surface area contributed by atoms with E-state index in [0.29, 0.717) is 5.89 Å². The van der Waals surface area contributed by atoms with Crippen LogP contribution in [0.1, 0.15) is 0 Å². The molecule has 0 aliphatic carbocycles. The largest absolute Gasteiger partial charge is 0.435 e. The Morgan fingerprint density at radius 3 is 1.95 bits per heavy atom. The second kappa shape index (κ2) is 14.3. The van der Waals surface area contributed by atoms with Crippen LogP contribution in [0.5, 0.6) is 0 Å². The molecule has 12 rings (SSSR count). The van der Waals surface area contributed by atoms with E-state index < -0.39 is 0 Å². The molecule has 0 amide bonds. The first-order valence-electron chi connectivity index (χ1n) is 20.7. The Morgan fingerprint density at radius 1 is 0.426 bits per heavy atom. The van der Waals surface area contributed by atoms with Gasteiger partial charge in [-0.1, -0.05) is 158 Å². The van der Waals surface area contributed by atoms with Gasteiger partial charge in [0.2, 0.25) is 5.89 Å². The smallest absolute Gasteiger partial charge is 0.227 e. The lowest BCUT2D eigenvalue weighted by Gasteiger charge is -2.29. The van der Waals surface area contributed by atoms with E-state index in [9.17, 15) is 0 Å². The summed E-state index contributed by atoms with van der Waals surface area (Å²) < 4.78 is 9.14. The Kier molecular flexibility index (Phi) is 8.13. The Balaban J connectivity index is 1.17. The molecule has 0 saturated heterocycles. The third-order valence-corrected chi connectivity index (χ3v) is 12.0. The van der Waals surface area contributed by atoms with Crippen LogP contribution in [0.25, 0.3) is 93.8 Å². The lowest BCUT2D eigenvalue weighted by Crippen LogP contribution is -2.12. The van der Waals surface area contributed by atoms with Crippen LogP contribution >= 0.6 is 0 Å². The number of hydrogen-bond donors (Lipinski definition) is 0. The number of hydrogen-bond acceptors (Lipinski definition) is 3. The third kappa shape index (κ3) is 5.80. The molecule has 61 heavy (non-hydrogen) atoms. The van der Waals surface area contributed by atoms with E-state index in [1.165, 1.54) is 32.4 Å². The molecule has 0 bridgehead atoms. The van der Waals surface area contributed by atoms with Crippen molar-refractivity contribution in [3.63, 3.8) is 0 Å². The predicted octanol–water partition coefficient (Wildman–Crippen LogP) is 15.7. The first kappa shape index (κ1) is 34.8. The van der Waals surface area contributed by atoms with Crippen LogP contribution in [0.3, 0.4) is 0 Å². The van der Waals surface area contributed by atoms with Crippen molar-refractivity contribution in [1.29, 1.82) is 0 Å². The van der Waals surface area contributed by atoms with E-state index in [2.05, 4.69) is 198 Å². The normalized spacial score (nSPS) is 11.6. The lowest BCUT2D eigenvalue weighted by atomic mass is 9.97. The highest BCUT2D eigenvalue weighted by Crippen LogP contribution is 2.50. The van der Waals surface area contributed by atoms with Crippen molar-refractivity contribution >= 4 is 71.5 Å². The van der Waals surface area contributed by atoms with Crippen LogP contribution < -0.4 is 4.90 Å². The second-order valence-electron chi connectivity index (χ2n) is 15.5. The minimum absolute atomic E-state index is 0.602. The van der Waals surface area contributed by atoms with Crippen LogP contribution in [-0.2, 0) is 0 Å². The lowest BCUT2D eigenvalue weighted by molar-refractivity contribution is 0.621. The Hall–Kier alpha value is -8.21. The van der Waals surface area contributed by atoms with E-state index in [-0.39, 0.29) is 0 Å². The van der Waals surface area contributed by atoms with Crippen LogP contribution in [0, 0.1) is 0 Å². The Bertz CT molecular complexity index is 3600. The predicted molar refractivity (Wildman–Crippen MR) is 254 cm³/mol.